The first-order chi connectivity index (χ1) is 18.4. The summed E-state index contributed by atoms with van der Waals surface area (Å²) in [7, 11) is 0. The maximum Gasteiger partial charge on any atom is 0.326 e. The van der Waals surface area contributed by atoms with E-state index in [-0.39, 0.29) is 30.7 Å². The molecule has 2 aliphatic rings. The summed E-state index contributed by atoms with van der Waals surface area (Å²) in [6.45, 7) is 1.34. The summed E-state index contributed by atoms with van der Waals surface area (Å²) < 4.78 is 0. The molecule has 0 aromatic heterocycles. The SMILES string of the molecule is O=C(C[C@@H](Cc1ccccc1)NC(=O)[C@H]1CCCN1C(=O)[C@H]1CCCN1)N[C@H](Cc1ccccc1)C(=O)O. The lowest BCUT2D eigenvalue weighted by molar-refractivity contribution is -0.142. The van der Waals surface area contributed by atoms with Crippen molar-refractivity contribution in [2.24, 2.45) is 0 Å². The Morgan fingerprint density at radius 2 is 1.55 bits per heavy atom. The van der Waals surface area contributed by atoms with Crippen LogP contribution in [0.2, 0.25) is 0 Å². The second kappa shape index (κ2) is 13.2. The summed E-state index contributed by atoms with van der Waals surface area (Å²) in [6.07, 6.45) is 3.52. The van der Waals surface area contributed by atoms with E-state index >= 15 is 0 Å². The lowest BCUT2D eigenvalue weighted by Gasteiger charge is -2.28. The van der Waals surface area contributed by atoms with Crippen LogP contribution >= 0.6 is 0 Å². The molecule has 0 unspecified atom stereocenters. The van der Waals surface area contributed by atoms with Crippen molar-refractivity contribution in [2.75, 3.05) is 13.1 Å². The van der Waals surface area contributed by atoms with Gasteiger partial charge in [0.1, 0.15) is 12.1 Å². The Morgan fingerprint density at radius 3 is 2.16 bits per heavy atom. The number of nitrogens with one attached hydrogen (secondary N) is 3. The van der Waals surface area contributed by atoms with Crippen LogP contribution in [0.25, 0.3) is 0 Å². The van der Waals surface area contributed by atoms with Gasteiger partial charge in [0.25, 0.3) is 0 Å². The van der Waals surface area contributed by atoms with Crippen LogP contribution in [0.1, 0.15) is 43.2 Å². The van der Waals surface area contributed by atoms with Crippen molar-refractivity contribution >= 4 is 23.7 Å². The van der Waals surface area contributed by atoms with Gasteiger partial charge in [-0.25, -0.2) is 4.79 Å². The first-order valence-electron chi connectivity index (χ1n) is 13.3. The Labute approximate surface area is 223 Å². The number of amides is 3. The van der Waals surface area contributed by atoms with Crippen molar-refractivity contribution in [3.8, 4) is 0 Å². The molecule has 2 saturated heterocycles. The third-order valence-corrected chi connectivity index (χ3v) is 7.22. The fourth-order valence-corrected chi connectivity index (χ4v) is 5.30. The van der Waals surface area contributed by atoms with Gasteiger partial charge in [-0.05, 0) is 49.8 Å². The van der Waals surface area contributed by atoms with Crippen LogP contribution < -0.4 is 16.0 Å². The van der Waals surface area contributed by atoms with Gasteiger partial charge < -0.3 is 26.0 Å². The fourth-order valence-electron chi connectivity index (χ4n) is 5.30. The van der Waals surface area contributed by atoms with Crippen LogP contribution in [-0.2, 0) is 32.0 Å². The van der Waals surface area contributed by atoms with Crippen LogP contribution in [0, 0.1) is 0 Å². The van der Waals surface area contributed by atoms with Crippen molar-refractivity contribution in [3.05, 3.63) is 71.8 Å². The van der Waals surface area contributed by atoms with Crippen LogP contribution in [0.4, 0.5) is 0 Å². The summed E-state index contributed by atoms with van der Waals surface area (Å²) >= 11 is 0. The Kier molecular flexibility index (Phi) is 9.48. The number of carbonyl (C=O) groups is 4. The zero-order valence-corrected chi connectivity index (χ0v) is 21.5. The quantitative estimate of drug-likeness (QED) is 0.357. The first kappa shape index (κ1) is 27.3. The van der Waals surface area contributed by atoms with E-state index in [0.29, 0.717) is 19.4 Å². The molecule has 2 aromatic carbocycles. The van der Waals surface area contributed by atoms with Crippen LogP contribution in [0.5, 0.6) is 0 Å². The maximum atomic E-state index is 13.4. The molecule has 0 radical (unpaired) electrons. The van der Waals surface area contributed by atoms with Gasteiger partial charge in [-0.1, -0.05) is 60.7 Å². The molecule has 9 heteroatoms. The van der Waals surface area contributed by atoms with Crippen molar-refractivity contribution in [1.82, 2.24) is 20.9 Å². The predicted octanol–water partition coefficient (Wildman–Crippen LogP) is 1.66. The molecule has 9 nitrogen and oxygen atoms in total. The van der Waals surface area contributed by atoms with E-state index in [9.17, 15) is 24.3 Å². The van der Waals surface area contributed by atoms with E-state index in [1.807, 2.05) is 60.7 Å². The van der Waals surface area contributed by atoms with E-state index in [1.54, 1.807) is 4.90 Å². The summed E-state index contributed by atoms with van der Waals surface area (Å²) in [4.78, 5) is 52.9. The fraction of sp³-hybridized carbons (Fsp3) is 0.448. The standard InChI is InChI=1S/C29H36N4O5/c34-26(32-24(29(37)38)18-21-11-5-2-6-12-21)19-22(17-20-9-3-1-4-10-20)31-27(35)25-14-8-16-33(25)28(36)23-13-7-15-30-23/h1-6,9-12,22-25,30H,7-8,13-19H2,(H,31,35)(H,32,34)(H,37,38)/t22-,23-,24-,25-/m1/s1. The molecule has 3 amide bonds. The molecule has 0 saturated carbocycles. The Hall–Kier alpha value is -3.72. The topological polar surface area (TPSA) is 128 Å². The smallest absolute Gasteiger partial charge is 0.326 e. The number of hydrogen-bond acceptors (Lipinski definition) is 5. The summed E-state index contributed by atoms with van der Waals surface area (Å²) in [5.74, 6) is -1.89. The van der Waals surface area contributed by atoms with E-state index in [1.165, 1.54) is 0 Å². The number of aliphatic carboxylic acids is 1. The number of hydrogen-bond donors (Lipinski definition) is 4. The highest BCUT2D eigenvalue weighted by molar-refractivity contribution is 5.91. The number of likely N-dealkylation sites (tertiary alicyclic amines) is 1. The van der Waals surface area contributed by atoms with E-state index in [4.69, 9.17) is 0 Å². The molecule has 2 heterocycles. The molecule has 4 atom stereocenters. The minimum absolute atomic E-state index is 0.0392. The Bertz CT molecular complexity index is 1100. The van der Waals surface area contributed by atoms with Gasteiger partial charge >= 0.3 is 5.97 Å². The number of carbonyl (C=O) groups excluding carboxylic acids is 3. The third kappa shape index (κ3) is 7.41. The third-order valence-electron chi connectivity index (χ3n) is 7.22. The summed E-state index contributed by atoms with van der Waals surface area (Å²) in [5.41, 5.74) is 1.75. The minimum atomic E-state index is -1.12. The van der Waals surface area contributed by atoms with Crippen LogP contribution in [0.15, 0.2) is 60.7 Å². The number of rotatable bonds is 11. The molecular weight excluding hydrogens is 484 g/mol. The lowest BCUT2D eigenvalue weighted by Crippen LogP contribution is -2.53. The molecule has 0 aliphatic carbocycles. The second-order valence-corrected chi connectivity index (χ2v) is 10.1. The van der Waals surface area contributed by atoms with Gasteiger partial charge in [0.2, 0.25) is 17.7 Å². The van der Waals surface area contributed by atoms with Gasteiger partial charge in [0.05, 0.1) is 6.04 Å². The van der Waals surface area contributed by atoms with Gasteiger partial charge in [-0.3, -0.25) is 14.4 Å². The predicted molar refractivity (Wildman–Crippen MR) is 142 cm³/mol. The summed E-state index contributed by atoms with van der Waals surface area (Å²) in [6, 6.07) is 16.2. The molecule has 4 rings (SSSR count). The highest BCUT2D eigenvalue weighted by atomic mass is 16.4. The summed E-state index contributed by atoms with van der Waals surface area (Å²) in [5, 5.41) is 18.5. The largest absolute Gasteiger partial charge is 0.480 e. The monoisotopic (exact) mass is 520 g/mol. The lowest BCUT2D eigenvalue weighted by atomic mass is 10.0. The highest BCUT2D eigenvalue weighted by Crippen LogP contribution is 2.21. The van der Waals surface area contributed by atoms with Crippen molar-refractivity contribution in [2.45, 2.75) is 69.1 Å². The average Bonchev–Trinajstić information content (AvgIpc) is 3.62. The molecule has 0 spiro atoms. The van der Waals surface area contributed by atoms with Gasteiger partial charge in [-0.15, -0.1) is 0 Å². The Balaban J connectivity index is 1.42. The van der Waals surface area contributed by atoms with Gasteiger partial charge in [0, 0.05) is 25.4 Å². The van der Waals surface area contributed by atoms with Crippen LogP contribution in [-0.4, -0.2) is 71.0 Å². The van der Waals surface area contributed by atoms with E-state index in [2.05, 4.69) is 16.0 Å². The highest BCUT2D eigenvalue weighted by Gasteiger charge is 2.38. The molecule has 202 valence electrons. The Morgan fingerprint density at radius 1 is 0.895 bits per heavy atom. The average molecular weight is 521 g/mol. The van der Waals surface area contributed by atoms with Gasteiger partial charge in [0.15, 0.2) is 0 Å². The molecule has 2 aromatic rings. The van der Waals surface area contributed by atoms with Gasteiger partial charge in [-0.2, -0.15) is 0 Å². The number of nitrogens with zero attached hydrogens (tertiary/aromatic N) is 1. The maximum absolute atomic E-state index is 13.4. The molecule has 2 fully saturated rings. The molecule has 2 aliphatic heterocycles. The normalized spacial score (nSPS) is 20.5. The number of benzene rings is 2. The van der Waals surface area contributed by atoms with E-state index in [0.717, 1.165) is 36.9 Å². The van der Waals surface area contributed by atoms with Crippen molar-refractivity contribution in [1.29, 1.82) is 0 Å². The molecule has 38 heavy (non-hydrogen) atoms. The number of carboxylic acids is 1. The van der Waals surface area contributed by atoms with Crippen molar-refractivity contribution < 1.29 is 24.3 Å². The zero-order valence-electron chi connectivity index (χ0n) is 21.5. The molecule has 4 N–H and O–H groups in total. The van der Waals surface area contributed by atoms with Crippen molar-refractivity contribution in [3.63, 3.8) is 0 Å². The minimum Gasteiger partial charge on any atom is -0.480 e. The zero-order chi connectivity index (χ0) is 26.9. The second-order valence-electron chi connectivity index (χ2n) is 10.1. The first-order valence-corrected chi connectivity index (χ1v) is 13.3. The number of carboxylic acid groups (broad SMARTS) is 1. The molecular formula is C29H36N4O5. The van der Waals surface area contributed by atoms with E-state index < -0.39 is 30.0 Å². The van der Waals surface area contributed by atoms with Crippen LogP contribution in [0.3, 0.4) is 0 Å². The molecule has 0 bridgehead atoms.